The van der Waals surface area contributed by atoms with Crippen molar-refractivity contribution in [3.8, 4) is 0 Å². The van der Waals surface area contributed by atoms with Gasteiger partial charge in [0.25, 0.3) is 0 Å². The van der Waals surface area contributed by atoms with Gasteiger partial charge in [-0.25, -0.2) is 4.79 Å². The molecule has 0 rings (SSSR count). The van der Waals surface area contributed by atoms with Crippen LogP contribution in [0.3, 0.4) is 0 Å². The zero-order valence-electron chi connectivity index (χ0n) is 6.27. The van der Waals surface area contributed by atoms with Crippen LogP contribution in [0.2, 0.25) is 0 Å². The van der Waals surface area contributed by atoms with Gasteiger partial charge in [-0.1, -0.05) is 51.4 Å². The van der Waals surface area contributed by atoms with Crippen LogP contribution >= 0.6 is 31.9 Å². The third kappa shape index (κ3) is 3.91. The van der Waals surface area contributed by atoms with E-state index in [0.29, 0.717) is 6.42 Å². The van der Waals surface area contributed by atoms with Crippen molar-refractivity contribution in [3.63, 3.8) is 0 Å². The molecule has 64 valence electrons. The zero-order chi connectivity index (χ0) is 8.91. The van der Waals surface area contributed by atoms with Crippen molar-refractivity contribution in [1.29, 1.82) is 0 Å². The summed E-state index contributed by atoms with van der Waals surface area (Å²) in [5, 5.41) is 0. The van der Waals surface area contributed by atoms with Crippen LogP contribution in [-0.2, 0) is 9.53 Å². The number of hydrogen-bond donors (Lipinski definition) is 0. The van der Waals surface area contributed by atoms with E-state index in [9.17, 15) is 4.79 Å². The van der Waals surface area contributed by atoms with Crippen LogP contribution in [0.15, 0.2) is 12.7 Å². The Hall–Kier alpha value is 0.170. The molecule has 0 aromatic rings. The van der Waals surface area contributed by atoms with Gasteiger partial charge in [-0.2, -0.15) is 0 Å². The first-order valence-corrected chi connectivity index (χ1v) is 4.79. The Bertz CT molecular complexity index is 155. The van der Waals surface area contributed by atoms with Crippen LogP contribution in [-0.4, -0.2) is 15.8 Å². The van der Waals surface area contributed by atoms with Crippen molar-refractivity contribution in [2.24, 2.45) is 0 Å². The van der Waals surface area contributed by atoms with Crippen LogP contribution in [0.4, 0.5) is 0 Å². The monoisotopic (exact) mass is 284 g/mol. The molecule has 0 N–H and O–H groups in total. The maximum Gasteiger partial charge on any atom is 0.334 e. The van der Waals surface area contributed by atoms with Gasteiger partial charge in [0.15, 0.2) is 3.23 Å². The average Bonchev–Trinajstić information content (AvgIpc) is 2.00. The highest BCUT2D eigenvalue weighted by atomic mass is 79.9. The molecule has 0 aromatic heterocycles. The number of ether oxygens (including phenoxy) is 1. The number of rotatable bonds is 4. The van der Waals surface area contributed by atoms with E-state index in [4.69, 9.17) is 4.74 Å². The Morgan fingerprint density at radius 3 is 2.64 bits per heavy atom. The van der Waals surface area contributed by atoms with Gasteiger partial charge in [0.1, 0.15) is 6.61 Å². The van der Waals surface area contributed by atoms with Crippen molar-refractivity contribution >= 4 is 37.8 Å². The van der Waals surface area contributed by atoms with Crippen LogP contribution in [0, 0.1) is 0 Å². The van der Waals surface area contributed by atoms with Crippen molar-refractivity contribution in [3.05, 3.63) is 12.7 Å². The summed E-state index contributed by atoms with van der Waals surface area (Å²) in [4.78, 5) is 11.1. The third-order valence-electron chi connectivity index (χ3n) is 1.07. The molecule has 11 heavy (non-hydrogen) atoms. The van der Waals surface area contributed by atoms with Gasteiger partial charge in [-0.3, -0.25) is 0 Å². The molecule has 0 fully saturated rings. The van der Waals surface area contributed by atoms with Crippen molar-refractivity contribution in [2.75, 3.05) is 6.61 Å². The second-order valence-corrected chi connectivity index (χ2v) is 5.72. The van der Waals surface area contributed by atoms with Gasteiger partial charge >= 0.3 is 5.97 Å². The van der Waals surface area contributed by atoms with Crippen LogP contribution in [0.1, 0.15) is 13.3 Å². The number of hydrogen-bond acceptors (Lipinski definition) is 2. The first-order chi connectivity index (χ1) is 5.04. The molecule has 0 unspecified atom stereocenters. The Morgan fingerprint density at radius 2 is 2.27 bits per heavy atom. The second kappa shape index (κ2) is 4.93. The fraction of sp³-hybridized carbons (Fsp3) is 0.571. The predicted octanol–water partition coefficient (Wildman–Crippen LogP) is 2.61. The van der Waals surface area contributed by atoms with Gasteiger partial charge < -0.3 is 4.74 Å². The van der Waals surface area contributed by atoms with E-state index in [-0.39, 0.29) is 12.6 Å². The molecule has 0 spiro atoms. The standard InChI is InChI=1S/C7H10Br2O2/c1-3-5-11-6(10)7(8,9)4-2/h3H,1,4-5H2,2H3. The number of halogens is 2. The topological polar surface area (TPSA) is 26.3 Å². The van der Waals surface area contributed by atoms with Gasteiger partial charge in [0, 0.05) is 0 Å². The lowest BCUT2D eigenvalue weighted by Crippen LogP contribution is -2.26. The fourth-order valence-corrected chi connectivity index (χ4v) is 0.613. The Morgan fingerprint density at radius 1 is 1.73 bits per heavy atom. The summed E-state index contributed by atoms with van der Waals surface area (Å²) >= 11 is 6.37. The van der Waals surface area contributed by atoms with E-state index in [1.54, 1.807) is 0 Å². The van der Waals surface area contributed by atoms with Crippen molar-refractivity contribution in [1.82, 2.24) is 0 Å². The van der Waals surface area contributed by atoms with Crippen molar-refractivity contribution in [2.45, 2.75) is 16.6 Å². The number of alkyl halides is 2. The molecular weight excluding hydrogens is 276 g/mol. The third-order valence-corrected chi connectivity index (χ3v) is 2.84. The lowest BCUT2D eigenvalue weighted by Gasteiger charge is -2.15. The lowest BCUT2D eigenvalue weighted by atomic mass is 10.3. The smallest absolute Gasteiger partial charge is 0.334 e. The largest absolute Gasteiger partial charge is 0.460 e. The summed E-state index contributed by atoms with van der Waals surface area (Å²) in [6.07, 6.45) is 2.16. The van der Waals surface area contributed by atoms with E-state index in [1.807, 2.05) is 6.92 Å². The van der Waals surface area contributed by atoms with E-state index >= 15 is 0 Å². The van der Waals surface area contributed by atoms with Crippen LogP contribution in [0.25, 0.3) is 0 Å². The SMILES string of the molecule is C=CCOC(=O)C(Br)(Br)CC. The highest BCUT2D eigenvalue weighted by Gasteiger charge is 2.31. The van der Waals surface area contributed by atoms with Crippen LogP contribution < -0.4 is 0 Å². The zero-order valence-corrected chi connectivity index (χ0v) is 9.44. The maximum atomic E-state index is 11.1. The molecule has 0 bridgehead atoms. The van der Waals surface area contributed by atoms with E-state index in [0.717, 1.165) is 0 Å². The molecule has 0 saturated carbocycles. The molecule has 0 radical (unpaired) electrons. The molecule has 2 nitrogen and oxygen atoms in total. The molecule has 0 aromatic carbocycles. The minimum atomic E-state index is -0.733. The number of esters is 1. The molecule has 0 saturated heterocycles. The summed E-state index contributed by atoms with van der Waals surface area (Å²) < 4.78 is 4.06. The van der Waals surface area contributed by atoms with E-state index in [2.05, 4.69) is 38.4 Å². The Labute approximate surface area is 83.2 Å². The molecular formula is C7H10Br2O2. The van der Waals surface area contributed by atoms with E-state index in [1.165, 1.54) is 6.08 Å². The molecule has 0 aliphatic carbocycles. The van der Waals surface area contributed by atoms with Gasteiger partial charge in [-0.05, 0) is 6.42 Å². The maximum absolute atomic E-state index is 11.1. The highest BCUT2D eigenvalue weighted by Crippen LogP contribution is 2.31. The molecule has 0 heterocycles. The predicted molar refractivity (Wildman–Crippen MR) is 52.0 cm³/mol. The van der Waals surface area contributed by atoms with Gasteiger partial charge in [-0.15, -0.1) is 0 Å². The summed E-state index contributed by atoms with van der Waals surface area (Å²) in [6, 6.07) is 0. The number of carbonyl (C=O) groups is 1. The number of carbonyl (C=O) groups excluding carboxylic acids is 1. The summed E-state index contributed by atoms with van der Waals surface area (Å²) in [7, 11) is 0. The summed E-state index contributed by atoms with van der Waals surface area (Å²) in [5.41, 5.74) is 0. The lowest BCUT2D eigenvalue weighted by molar-refractivity contribution is -0.142. The quantitative estimate of drug-likeness (QED) is 0.451. The molecule has 0 amide bonds. The second-order valence-electron chi connectivity index (χ2n) is 1.95. The molecule has 0 aliphatic rings. The highest BCUT2D eigenvalue weighted by molar-refractivity contribution is 9.25. The normalized spacial score (nSPS) is 10.8. The van der Waals surface area contributed by atoms with Crippen molar-refractivity contribution < 1.29 is 9.53 Å². The minimum absolute atomic E-state index is 0.248. The molecule has 0 atom stereocenters. The molecule has 4 heteroatoms. The summed E-state index contributed by atoms with van der Waals surface area (Å²) in [6.45, 7) is 5.55. The van der Waals surface area contributed by atoms with Gasteiger partial charge in [0.2, 0.25) is 0 Å². The van der Waals surface area contributed by atoms with Gasteiger partial charge in [0.05, 0.1) is 0 Å². The minimum Gasteiger partial charge on any atom is -0.460 e. The molecule has 0 aliphatic heterocycles. The first-order valence-electron chi connectivity index (χ1n) is 3.20. The summed E-state index contributed by atoms with van der Waals surface area (Å²) in [5.74, 6) is -0.320. The van der Waals surface area contributed by atoms with E-state index < -0.39 is 3.23 Å². The Kier molecular flexibility index (Phi) is 5.01. The fourth-order valence-electron chi connectivity index (χ4n) is 0.385. The van der Waals surface area contributed by atoms with Crippen LogP contribution in [0.5, 0.6) is 0 Å². The first kappa shape index (κ1) is 11.2. The Balaban J connectivity index is 3.91. The average molecular weight is 286 g/mol.